The lowest BCUT2D eigenvalue weighted by atomic mass is 9.91. The number of rotatable bonds is 2. The van der Waals surface area contributed by atoms with E-state index in [2.05, 4.69) is 33.7 Å². The Labute approximate surface area is 122 Å². The van der Waals surface area contributed by atoms with Crippen molar-refractivity contribution in [3.8, 4) is 0 Å². The van der Waals surface area contributed by atoms with Crippen LogP contribution < -0.4 is 5.32 Å². The summed E-state index contributed by atoms with van der Waals surface area (Å²) in [6.45, 7) is 3.37. The minimum atomic E-state index is -0.219. The molecule has 0 saturated carbocycles. The summed E-state index contributed by atoms with van der Waals surface area (Å²) in [5.74, 6) is 1.31. The van der Waals surface area contributed by atoms with Crippen LogP contribution in [0, 0.1) is 0 Å². The zero-order valence-corrected chi connectivity index (χ0v) is 11.6. The van der Waals surface area contributed by atoms with Crippen molar-refractivity contribution in [3.63, 3.8) is 0 Å². The molecule has 6 nitrogen and oxygen atoms in total. The lowest BCUT2D eigenvalue weighted by molar-refractivity contribution is -0.0941. The van der Waals surface area contributed by atoms with Crippen LogP contribution in [0.25, 0.3) is 0 Å². The van der Waals surface area contributed by atoms with Gasteiger partial charge >= 0.3 is 0 Å². The van der Waals surface area contributed by atoms with Crippen LogP contribution in [-0.4, -0.2) is 36.5 Å². The minimum absolute atomic E-state index is 0.0979. The Morgan fingerprint density at radius 3 is 3.05 bits per heavy atom. The second kappa shape index (κ2) is 5.55. The molecule has 1 fully saturated rings. The average Bonchev–Trinajstić information content (AvgIpc) is 3.05. The first-order chi connectivity index (χ1) is 10.4. The molecule has 2 aliphatic rings. The van der Waals surface area contributed by atoms with Crippen molar-refractivity contribution < 1.29 is 14.0 Å². The molecule has 110 valence electrons. The molecule has 2 unspecified atom stereocenters. The molecular weight excluding hydrogens is 270 g/mol. The molecule has 6 heteroatoms. The third-order valence-corrected chi connectivity index (χ3v) is 3.95. The number of ether oxygens (including phenoxy) is 2. The maximum absolute atomic E-state index is 5.61. The van der Waals surface area contributed by atoms with Gasteiger partial charge in [-0.1, -0.05) is 29.4 Å². The monoisotopic (exact) mass is 287 g/mol. The molecule has 0 bridgehead atoms. The third kappa shape index (κ3) is 2.46. The molecule has 2 atom stereocenters. The molecular formula is C15H17N3O3. The number of hydrogen-bond donors (Lipinski definition) is 1. The normalized spacial score (nSPS) is 25.5. The lowest BCUT2D eigenvalue weighted by Gasteiger charge is -2.23. The SMILES string of the molecule is c1ccc2c(c1)CNCC2c1nc(C2COCCO2)no1. The van der Waals surface area contributed by atoms with Gasteiger partial charge in [0.1, 0.15) is 6.10 Å². The summed E-state index contributed by atoms with van der Waals surface area (Å²) in [5.41, 5.74) is 2.54. The van der Waals surface area contributed by atoms with Crippen molar-refractivity contribution in [2.75, 3.05) is 26.4 Å². The van der Waals surface area contributed by atoms with Crippen LogP contribution in [-0.2, 0) is 16.0 Å². The predicted molar refractivity (Wildman–Crippen MR) is 73.8 cm³/mol. The molecule has 2 aliphatic heterocycles. The maximum atomic E-state index is 5.61. The Balaban J connectivity index is 1.61. The van der Waals surface area contributed by atoms with E-state index in [9.17, 15) is 0 Å². The summed E-state index contributed by atoms with van der Waals surface area (Å²) in [6, 6.07) is 8.36. The third-order valence-electron chi connectivity index (χ3n) is 3.95. The van der Waals surface area contributed by atoms with Crippen LogP contribution in [0.4, 0.5) is 0 Å². The molecule has 1 aromatic heterocycles. The van der Waals surface area contributed by atoms with Gasteiger partial charge in [-0.05, 0) is 11.1 Å². The first-order valence-electron chi connectivity index (χ1n) is 7.23. The van der Waals surface area contributed by atoms with Crippen LogP contribution in [0.3, 0.4) is 0 Å². The van der Waals surface area contributed by atoms with E-state index in [-0.39, 0.29) is 12.0 Å². The Morgan fingerprint density at radius 2 is 2.14 bits per heavy atom. The highest BCUT2D eigenvalue weighted by Gasteiger charge is 2.29. The number of fused-ring (bicyclic) bond motifs is 1. The molecule has 2 aromatic rings. The van der Waals surface area contributed by atoms with Gasteiger partial charge in [0.15, 0.2) is 0 Å². The summed E-state index contributed by atoms with van der Waals surface area (Å²) in [5, 5.41) is 7.46. The molecule has 1 saturated heterocycles. The smallest absolute Gasteiger partial charge is 0.235 e. The van der Waals surface area contributed by atoms with Crippen molar-refractivity contribution in [2.24, 2.45) is 0 Å². The molecule has 0 spiro atoms. The lowest BCUT2D eigenvalue weighted by Crippen LogP contribution is -2.29. The van der Waals surface area contributed by atoms with Gasteiger partial charge in [0.2, 0.25) is 11.7 Å². The van der Waals surface area contributed by atoms with Gasteiger partial charge in [-0.15, -0.1) is 0 Å². The van der Waals surface area contributed by atoms with E-state index < -0.39 is 0 Å². The Hall–Kier alpha value is -1.76. The molecule has 0 radical (unpaired) electrons. The molecule has 1 aromatic carbocycles. The van der Waals surface area contributed by atoms with Crippen LogP contribution in [0.1, 0.15) is 34.9 Å². The van der Waals surface area contributed by atoms with Gasteiger partial charge in [-0.2, -0.15) is 4.98 Å². The Morgan fingerprint density at radius 1 is 1.19 bits per heavy atom. The Bertz CT molecular complexity index is 622. The van der Waals surface area contributed by atoms with Crippen LogP contribution in [0.15, 0.2) is 28.8 Å². The van der Waals surface area contributed by atoms with Gasteiger partial charge in [-0.3, -0.25) is 0 Å². The van der Waals surface area contributed by atoms with Gasteiger partial charge in [-0.25, -0.2) is 0 Å². The highest BCUT2D eigenvalue weighted by Crippen LogP contribution is 2.30. The quantitative estimate of drug-likeness (QED) is 0.900. The predicted octanol–water partition coefficient (Wildman–Crippen LogP) is 1.39. The van der Waals surface area contributed by atoms with E-state index in [1.165, 1.54) is 11.1 Å². The Kier molecular flexibility index (Phi) is 3.42. The number of hydrogen-bond acceptors (Lipinski definition) is 6. The summed E-state index contributed by atoms with van der Waals surface area (Å²) in [6.07, 6.45) is -0.219. The summed E-state index contributed by atoms with van der Waals surface area (Å²) < 4.78 is 16.5. The van der Waals surface area contributed by atoms with Crippen LogP contribution in [0.2, 0.25) is 0 Å². The van der Waals surface area contributed by atoms with Crippen LogP contribution in [0.5, 0.6) is 0 Å². The fourth-order valence-electron chi connectivity index (χ4n) is 2.87. The highest BCUT2D eigenvalue weighted by atomic mass is 16.6. The largest absolute Gasteiger partial charge is 0.376 e. The van der Waals surface area contributed by atoms with Crippen molar-refractivity contribution in [1.82, 2.24) is 15.5 Å². The summed E-state index contributed by atoms with van der Waals surface area (Å²) >= 11 is 0. The molecule has 4 rings (SSSR count). The number of nitrogens with one attached hydrogen (secondary N) is 1. The van der Waals surface area contributed by atoms with E-state index in [0.717, 1.165) is 13.1 Å². The van der Waals surface area contributed by atoms with Crippen molar-refractivity contribution in [3.05, 3.63) is 47.1 Å². The first kappa shape index (κ1) is 12.9. The van der Waals surface area contributed by atoms with Crippen molar-refractivity contribution >= 4 is 0 Å². The second-order valence-corrected chi connectivity index (χ2v) is 5.31. The minimum Gasteiger partial charge on any atom is -0.376 e. The van der Waals surface area contributed by atoms with Crippen molar-refractivity contribution in [2.45, 2.75) is 18.6 Å². The number of nitrogens with zero attached hydrogens (tertiary/aromatic N) is 2. The van der Waals surface area contributed by atoms with Gasteiger partial charge in [0, 0.05) is 13.1 Å². The fraction of sp³-hybridized carbons (Fsp3) is 0.467. The standard InChI is InChI=1S/C15H17N3O3/c1-2-4-11-10(3-1)7-16-8-12(11)15-17-14(18-21-15)13-9-19-5-6-20-13/h1-4,12-13,16H,5-9H2. The second-order valence-electron chi connectivity index (χ2n) is 5.31. The van der Waals surface area contributed by atoms with E-state index >= 15 is 0 Å². The fourth-order valence-corrected chi connectivity index (χ4v) is 2.87. The average molecular weight is 287 g/mol. The van der Waals surface area contributed by atoms with Gasteiger partial charge in [0.05, 0.1) is 25.7 Å². The molecule has 0 amide bonds. The maximum Gasteiger partial charge on any atom is 0.235 e. The molecule has 1 N–H and O–H groups in total. The topological polar surface area (TPSA) is 69.4 Å². The molecule has 3 heterocycles. The van der Waals surface area contributed by atoms with E-state index in [1.54, 1.807) is 0 Å². The van der Waals surface area contributed by atoms with E-state index in [0.29, 0.717) is 31.5 Å². The number of aromatic nitrogens is 2. The van der Waals surface area contributed by atoms with Crippen molar-refractivity contribution in [1.29, 1.82) is 0 Å². The zero-order chi connectivity index (χ0) is 14.1. The number of benzene rings is 1. The zero-order valence-electron chi connectivity index (χ0n) is 11.6. The van der Waals surface area contributed by atoms with Gasteiger partial charge < -0.3 is 19.3 Å². The van der Waals surface area contributed by atoms with E-state index in [1.807, 2.05) is 6.07 Å². The van der Waals surface area contributed by atoms with Crippen LogP contribution >= 0.6 is 0 Å². The molecule has 0 aliphatic carbocycles. The molecule has 21 heavy (non-hydrogen) atoms. The van der Waals surface area contributed by atoms with Gasteiger partial charge in [0.25, 0.3) is 0 Å². The summed E-state index contributed by atoms with van der Waals surface area (Å²) in [7, 11) is 0. The highest BCUT2D eigenvalue weighted by molar-refractivity contribution is 5.35. The van der Waals surface area contributed by atoms with E-state index in [4.69, 9.17) is 14.0 Å². The summed E-state index contributed by atoms with van der Waals surface area (Å²) in [4.78, 5) is 4.53. The first-order valence-corrected chi connectivity index (χ1v) is 7.23.